The molecule has 1 aliphatic heterocycles. The van der Waals surface area contributed by atoms with Crippen LogP contribution in [0.2, 0.25) is 0 Å². The zero-order valence-corrected chi connectivity index (χ0v) is 13.9. The van der Waals surface area contributed by atoms with E-state index in [0.717, 1.165) is 44.9 Å². The number of carbonyl (C=O) groups is 1. The number of hydrogen-bond donors (Lipinski definition) is 1. The van der Waals surface area contributed by atoms with Crippen molar-refractivity contribution in [2.45, 2.75) is 76.0 Å². The van der Waals surface area contributed by atoms with Gasteiger partial charge in [0.2, 0.25) is 5.91 Å². The molecule has 1 heterocycles. The third-order valence-corrected chi connectivity index (χ3v) is 7.87. The number of amides is 1. The Balaban J connectivity index is 1.43. The fourth-order valence-electron chi connectivity index (χ4n) is 7.17. The van der Waals surface area contributed by atoms with E-state index in [1.165, 1.54) is 6.42 Å². The fraction of sp³-hybridized carbons (Fsp3) is 0.895. The highest BCUT2D eigenvalue weighted by molar-refractivity contribution is 5.81. The molecule has 23 heavy (non-hydrogen) atoms. The van der Waals surface area contributed by atoms with E-state index in [9.17, 15) is 15.2 Å². The molecule has 4 bridgehead atoms. The quantitative estimate of drug-likeness (QED) is 0.851. The van der Waals surface area contributed by atoms with Crippen LogP contribution in [0.5, 0.6) is 0 Å². The summed E-state index contributed by atoms with van der Waals surface area (Å²) in [5.74, 6) is 1.95. The van der Waals surface area contributed by atoms with Gasteiger partial charge in [0.1, 0.15) is 6.04 Å². The molecule has 5 aliphatic carbocycles. The molecule has 0 aromatic rings. The van der Waals surface area contributed by atoms with Crippen molar-refractivity contribution < 1.29 is 9.90 Å². The van der Waals surface area contributed by atoms with E-state index >= 15 is 0 Å². The van der Waals surface area contributed by atoms with Crippen LogP contribution < -0.4 is 0 Å². The van der Waals surface area contributed by atoms with Crippen LogP contribution in [0.1, 0.15) is 58.3 Å². The van der Waals surface area contributed by atoms with E-state index in [4.69, 9.17) is 0 Å². The second kappa shape index (κ2) is 4.30. The zero-order chi connectivity index (χ0) is 16.0. The van der Waals surface area contributed by atoms with Gasteiger partial charge in [0.05, 0.1) is 11.7 Å². The summed E-state index contributed by atoms with van der Waals surface area (Å²) in [6.07, 6.45) is 8.14. The summed E-state index contributed by atoms with van der Waals surface area (Å²) >= 11 is 0. The van der Waals surface area contributed by atoms with E-state index in [-0.39, 0.29) is 23.3 Å². The summed E-state index contributed by atoms with van der Waals surface area (Å²) in [6, 6.07) is 2.48. The lowest BCUT2D eigenvalue weighted by Crippen LogP contribution is -2.59. The minimum absolute atomic E-state index is 0.0110. The number of hydrogen-bond acceptors (Lipinski definition) is 3. The number of fused-ring (bicyclic) bond motifs is 1. The maximum Gasteiger partial charge on any atom is 0.227 e. The van der Waals surface area contributed by atoms with Gasteiger partial charge in [-0.05, 0) is 74.5 Å². The largest absolute Gasteiger partial charge is 0.390 e. The zero-order valence-electron chi connectivity index (χ0n) is 13.9. The van der Waals surface area contributed by atoms with Gasteiger partial charge in [0.25, 0.3) is 0 Å². The summed E-state index contributed by atoms with van der Waals surface area (Å²) < 4.78 is 0. The molecule has 1 amide bonds. The lowest BCUT2D eigenvalue weighted by Gasteiger charge is -2.62. The summed E-state index contributed by atoms with van der Waals surface area (Å²) in [5, 5.41) is 20.3. The second-order valence-corrected chi connectivity index (χ2v) is 9.46. The molecule has 6 fully saturated rings. The molecule has 5 saturated carbocycles. The number of piperidine rings is 1. The number of aliphatic hydroxyl groups is 1. The molecule has 0 spiro atoms. The van der Waals surface area contributed by atoms with Crippen LogP contribution in [0.15, 0.2) is 0 Å². The molecule has 4 heteroatoms. The van der Waals surface area contributed by atoms with Crippen molar-refractivity contribution in [2.75, 3.05) is 0 Å². The van der Waals surface area contributed by atoms with Crippen LogP contribution in [-0.4, -0.2) is 33.6 Å². The standard InChI is InChI=1S/C19H26N2O2/c1-11(17(22)21-15(9-20)3-14-4-16(14)21)18-5-12-2-13(6-18)8-19(23,7-12)10-18/h11-16,23H,2-8,10H2,1H3. The smallest absolute Gasteiger partial charge is 0.227 e. The Kier molecular flexibility index (Phi) is 2.67. The Labute approximate surface area is 137 Å². The van der Waals surface area contributed by atoms with Crippen molar-refractivity contribution >= 4 is 5.91 Å². The first-order valence-electron chi connectivity index (χ1n) is 9.37. The van der Waals surface area contributed by atoms with Crippen LogP contribution >= 0.6 is 0 Å². The van der Waals surface area contributed by atoms with Crippen molar-refractivity contribution in [3.05, 3.63) is 0 Å². The van der Waals surface area contributed by atoms with E-state index in [2.05, 4.69) is 13.0 Å². The molecule has 4 nitrogen and oxygen atoms in total. The van der Waals surface area contributed by atoms with Crippen molar-refractivity contribution in [3.8, 4) is 6.07 Å². The molecule has 0 aromatic heterocycles. The predicted molar refractivity (Wildman–Crippen MR) is 84.0 cm³/mol. The summed E-state index contributed by atoms with van der Waals surface area (Å²) in [5.41, 5.74) is -0.525. The number of nitrogens with zero attached hydrogens (tertiary/aromatic N) is 2. The molecule has 1 N–H and O–H groups in total. The number of carbonyl (C=O) groups excluding carboxylic acids is 1. The normalized spacial score (nSPS) is 53.8. The van der Waals surface area contributed by atoms with Gasteiger partial charge in [-0.15, -0.1) is 0 Å². The Morgan fingerprint density at radius 1 is 1.22 bits per heavy atom. The average molecular weight is 314 g/mol. The van der Waals surface area contributed by atoms with E-state index < -0.39 is 5.60 Å². The first-order chi connectivity index (χ1) is 10.9. The summed E-state index contributed by atoms with van der Waals surface area (Å²) in [4.78, 5) is 15.2. The highest BCUT2D eigenvalue weighted by Gasteiger charge is 2.62. The third-order valence-electron chi connectivity index (χ3n) is 7.87. The SMILES string of the molecule is CC(C(=O)N1C(C#N)CC2CC21)C12CC3CC(CC(O)(C3)C1)C2. The van der Waals surface area contributed by atoms with Crippen LogP contribution in [-0.2, 0) is 4.79 Å². The van der Waals surface area contributed by atoms with Crippen LogP contribution in [0, 0.1) is 40.4 Å². The minimum atomic E-state index is -0.514. The Bertz CT molecular complexity index is 595. The summed E-state index contributed by atoms with van der Waals surface area (Å²) in [6.45, 7) is 2.09. The van der Waals surface area contributed by atoms with Gasteiger partial charge in [0.15, 0.2) is 0 Å². The molecule has 6 unspecified atom stereocenters. The fourth-order valence-corrected chi connectivity index (χ4v) is 7.17. The van der Waals surface area contributed by atoms with Crippen molar-refractivity contribution in [1.29, 1.82) is 5.26 Å². The Hall–Kier alpha value is -1.08. The second-order valence-electron chi connectivity index (χ2n) is 9.46. The van der Waals surface area contributed by atoms with Crippen molar-refractivity contribution in [1.82, 2.24) is 4.90 Å². The van der Waals surface area contributed by atoms with E-state index in [0.29, 0.717) is 23.8 Å². The van der Waals surface area contributed by atoms with Crippen LogP contribution in [0.3, 0.4) is 0 Å². The van der Waals surface area contributed by atoms with Gasteiger partial charge in [-0.25, -0.2) is 0 Å². The van der Waals surface area contributed by atoms with Crippen LogP contribution in [0.4, 0.5) is 0 Å². The molecule has 6 atom stereocenters. The van der Waals surface area contributed by atoms with E-state index in [1.807, 2.05) is 4.90 Å². The molecule has 1 saturated heterocycles. The molecule has 124 valence electrons. The van der Waals surface area contributed by atoms with Crippen molar-refractivity contribution in [3.63, 3.8) is 0 Å². The number of rotatable bonds is 2. The third kappa shape index (κ3) is 1.89. The summed E-state index contributed by atoms with van der Waals surface area (Å²) in [7, 11) is 0. The minimum Gasteiger partial charge on any atom is -0.390 e. The van der Waals surface area contributed by atoms with Gasteiger partial charge in [-0.2, -0.15) is 5.26 Å². The first-order valence-corrected chi connectivity index (χ1v) is 9.37. The molecule has 6 aliphatic rings. The lowest BCUT2D eigenvalue weighted by molar-refractivity contribution is -0.186. The maximum atomic E-state index is 13.3. The van der Waals surface area contributed by atoms with Gasteiger partial charge in [-0.3, -0.25) is 4.79 Å². The number of likely N-dealkylation sites (tertiary alicyclic amines) is 1. The van der Waals surface area contributed by atoms with Gasteiger partial charge in [0, 0.05) is 12.0 Å². The van der Waals surface area contributed by atoms with Crippen LogP contribution in [0.25, 0.3) is 0 Å². The Morgan fingerprint density at radius 3 is 2.52 bits per heavy atom. The monoisotopic (exact) mass is 314 g/mol. The number of nitriles is 1. The first kappa shape index (κ1) is 14.3. The highest BCUT2D eigenvalue weighted by Crippen LogP contribution is 2.64. The molecule has 6 rings (SSSR count). The molecule has 0 aromatic carbocycles. The van der Waals surface area contributed by atoms with Gasteiger partial charge >= 0.3 is 0 Å². The Morgan fingerprint density at radius 2 is 1.91 bits per heavy atom. The maximum absolute atomic E-state index is 13.3. The van der Waals surface area contributed by atoms with Gasteiger partial charge in [-0.1, -0.05) is 6.92 Å². The van der Waals surface area contributed by atoms with E-state index in [1.54, 1.807) is 0 Å². The highest BCUT2D eigenvalue weighted by atomic mass is 16.3. The molecular weight excluding hydrogens is 288 g/mol. The predicted octanol–water partition coefficient (Wildman–Crippen LogP) is 2.47. The van der Waals surface area contributed by atoms with Gasteiger partial charge < -0.3 is 10.0 Å². The topological polar surface area (TPSA) is 64.3 Å². The van der Waals surface area contributed by atoms with Crippen molar-refractivity contribution in [2.24, 2.45) is 29.1 Å². The molecule has 0 radical (unpaired) electrons. The average Bonchev–Trinajstić information content (AvgIpc) is 3.14. The molecular formula is C19H26N2O2. The lowest BCUT2D eigenvalue weighted by atomic mass is 9.45.